The normalized spacial score (nSPS) is 11.9. The van der Waals surface area contributed by atoms with Gasteiger partial charge in [0.1, 0.15) is 12.4 Å². The molecule has 0 unspecified atom stereocenters. The summed E-state index contributed by atoms with van der Waals surface area (Å²) in [5.74, 6) is 0.888. The molecule has 152 valence electrons. The second kappa shape index (κ2) is 9.42. The second-order valence-corrected chi connectivity index (χ2v) is 7.46. The predicted molar refractivity (Wildman–Crippen MR) is 121 cm³/mol. The van der Waals surface area contributed by atoms with Gasteiger partial charge in [-0.25, -0.2) is 4.68 Å². The maximum atomic E-state index is 5.95. The lowest BCUT2D eigenvalue weighted by molar-refractivity contribution is 0.306. The maximum Gasteiger partial charge on any atom is 0.120 e. The Balaban J connectivity index is 1.37. The van der Waals surface area contributed by atoms with Gasteiger partial charge in [-0.1, -0.05) is 60.7 Å². The molecule has 0 fully saturated rings. The van der Waals surface area contributed by atoms with Crippen LogP contribution in [0.1, 0.15) is 35.3 Å². The third-order valence-corrected chi connectivity index (χ3v) is 5.27. The summed E-state index contributed by atoms with van der Waals surface area (Å²) >= 11 is 0. The first kappa shape index (κ1) is 19.9. The van der Waals surface area contributed by atoms with Gasteiger partial charge in [-0.3, -0.25) is 0 Å². The SMILES string of the molecule is Cc1c([C@@H](C)NCc2cccc(OCc3ccccc3)c2)cnn1-c1ccccc1. The topological polar surface area (TPSA) is 39.1 Å². The minimum atomic E-state index is 0.191. The molecule has 0 amide bonds. The van der Waals surface area contributed by atoms with Crippen LogP contribution in [0, 0.1) is 6.92 Å². The molecule has 4 aromatic rings. The third kappa shape index (κ3) is 4.78. The van der Waals surface area contributed by atoms with Crippen LogP contribution in [0.2, 0.25) is 0 Å². The van der Waals surface area contributed by atoms with Crippen LogP contribution < -0.4 is 10.1 Å². The molecule has 4 heteroatoms. The fourth-order valence-corrected chi connectivity index (χ4v) is 3.54. The van der Waals surface area contributed by atoms with Crippen LogP contribution in [-0.4, -0.2) is 9.78 Å². The Morgan fingerprint density at radius 3 is 2.37 bits per heavy atom. The van der Waals surface area contributed by atoms with E-state index in [4.69, 9.17) is 4.74 Å². The molecule has 1 N–H and O–H groups in total. The standard InChI is InChI=1S/C26H27N3O/c1-20(26-18-28-29(21(26)2)24-13-7-4-8-14-24)27-17-23-12-9-15-25(16-23)30-19-22-10-5-3-6-11-22/h3-16,18,20,27H,17,19H2,1-2H3/t20-/m1/s1. The van der Waals surface area contributed by atoms with Crippen molar-refractivity contribution in [3.05, 3.63) is 114 Å². The van der Waals surface area contributed by atoms with Gasteiger partial charge in [0.05, 0.1) is 11.9 Å². The molecular formula is C26H27N3O. The van der Waals surface area contributed by atoms with Crippen LogP contribution >= 0.6 is 0 Å². The Bertz CT molecular complexity index is 1070. The van der Waals surface area contributed by atoms with E-state index in [9.17, 15) is 0 Å². The van der Waals surface area contributed by atoms with Crippen molar-refractivity contribution in [3.63, 3.8) is 0 Å². The average molecular weight is 398 g/mol. The highest BCUT2D eigenvalue weighted by molar-refractivity contribution is 5.35. The highest BCUT2D eigenvalue weighted by atomic mass is 16.5. The Hall–Kier alpha value is -3.37. The molecular weight excluding hydrogens is 370 g/mol. The smallest absolute Gasteiger partial charge is 0.120 e. The van der Waals surface area contributed by atoms with Crippen molar-refractivity contribution in [2.75, 3.05) is 0 Å². The zero-order chi connectivity index (χ0) is 20.8. The van der Waals surface area contributed by atoms with Crippen LogP contribution in [0.5, 0.6) is 5.75 Å². The fraction of sp³-hybridized carbons (Fsp3) is 0.192. The first-order chi connectivity index (χ1) is 14.7. The lowest BCUT2D eigenvalue weighted by Gasteiger charge is -2.15. The van der Waals surface area contributed by atoms with E-state index in [1.165, 1.54) is 16.7 Å². The van der Waals surface area contributed by atoms with Crippen LogP contribution in [-0.2, 0) is 13.2 Å². The van der Waals surface area contributed by atoms with Crippen molar-refractivity contribution in [1.29, 1.82) is 0 Å². The highest BCUT2D eigenvalue weighted by Crippen LogP contribution is 2.21. The van der Waals surface area contributed by atoms with Crippen molar-refractivity contribution < 1.29 is 4.74 Å². The Morgan fingerprint density at radius 1 is 0.900 bits per heavy atom. The van der Waals surface area contributed by atoms with Gasteiger partial charge in [0, 0.05) is 23.8 Å². The molecule has 0 aliphatic heterocycles. The second-order valence-electron chi connectivity index (χ2n) is 7.46. The molecule has 4 rings (SSSR count). The quantitative estimate of drug-likeness (QED) is 0.420. The van der Waals surface area contributed by atoms with Crippen molar-refractivity contribution in [2.24, 2.45) is 0 Å². The summed E-state index contributed by atoms with van der Waals surface area (Å²) in [5.41, 5.74) is 5.80. The van der Waals surface area contributed by atoms with E-state index in [0.717, 1.165) is 23.7 Å². The first-order valence-corrected chi connectivity index (χ1v) is 10.3. The average Bonchev–Trinajstić information content (AvgIpc) is 3.19. The summed E-state index contributed by atoms with van der Waals surface area (Å²) in [6, 6.07) is 28.9. The van der Waals surface area contributed by atoms with Gasteiger partial charge in [0.15, 0.2) is 0 Å². The number of benzene rings is 3. The number of nitrogens with one attached hydrogen (secondary N) is 1. The third-order valence-electron chi connectivity index (χ3n) is 5.27. The molecule has 4 nitrogen and oxygen atoms in total. The van der Waals surface area contributed by atoms with E-state index in [-0.39, 0.29) is 6.04 Å². The zero-order valence-corrected chi connectivity index (χ0v) is 17.5. The number of rotatable bonds is 8. The van der Waals surface area contributed by atoms with Gasteiger partial charge in [-0.05, 0) is 49.2 Å². The minimum Gasteiger partial charge on any atom is -0.489 e. The van der Waals surface area contributed by atoms with E-state index in [0.29, 0.717) is 6.61 Å². The molecule has 30 heavy (non-hydrogen) atoms. The summed E-state index contributed by atoms with van der Waals surface area (Å²) in [5, 5.41) is 8.20. The maximum absolute atomic E-state index is 5.95. The molecule has 0 spiro atoms. The van der Waals surface area contributed by atoms with Crippen molar-refractivity contribution in [1.82, 2.24) is 15.1 Å². The van der Waals surface area contributed by atoms with E-state index >= 15 is 0 Å². The van der Waals surface area contributed by atoms with Crippen molar-refractivity contribution >= 4 is 0 Å². The van der Waals surface area contributed by atoms with E-state index in [1.54, 1.807) is 0 Å². The van der Waals surface area contributed by atoms with Crippen LogP contribution in [0.15, 0.2) is 91.1 Å². The molecule has 0 saturated carbocycles. The molecule has 1 aromatic heterocycles. The monoisotopic (exact) mass is 397 g/mol. The lowest BCUT2D eigenvalue weighted by atomic mass is 10.1. The summed E-state index contributed by atoms with van der Waals surface area (Å²) in [6.45, 7) is 5.63. The van der Waals surface area contributed by atoms with Crippen molar-refractivity contribution in [2.45, 2.75) is 33.0 Å². The zero-order valence-electron chi connectivity index (χ0n) is 17.5. The number of ether oxygens (including phenoxy) is 1. The lowest BCUT2D eigenvalue weighted by Crippen LogP contribution is -2.18. The summed E-state index contributed by atoms with van der Waals surface area (Å²) in [7, 11) is 0. The summed E-state index contributed by atoms with van der Waals surface area (Å²) in [6.07, 6.45) is 1.96. The molecule has 1 heterocycles. The highest BCUT2D eigenvalue weighted by Gasteiger charge is 2.14. The minimum absolute atomic E-state index is 0.191. The first-order valence-electron chi connectivity index (χ1n) is 10.3. The van der Waals surface area contributed by atoms with Crippen molar-refractivity contribution in [3.8, 4) is 11.4 Å². The Labute approximate surface area is 178 Å². The predicted octanol–water partition coefficient (Wildman–Crippen LogP) is 5.61. The number of para-hydroxylation sites is 1. The van der Waals surface area contributed by atoms with Gasteiger partial charge < -0.3 is 10.1 Å². The van der Waals surface area contributed by atoms with Gasteiger partial charge >= 0.3 is 0 Å². The van der Waals surface area contributed by atoms with E-state index in [1.807, 2.05) is 59.4 Å². The van der Waals surface area contributed by atoms with Crippen LogP contribution in [0.4, 0.5) is 0 Å². The molecule has 0 aliphatic rings. The number of aromatic nitrogens is 2. The number of nitrogens with zero attached hydrogens (tertiary/aromatic N) is 2. The molecule has 0 radical (unpaired) electrons. The summed E-state index contributed by atoms with van der Waals surface area (Å²) in [4.78, 5) is 0. The molecule has 0 bridgehead atoms. The molecule has 0 aliphatic carbocycles. The van der Waals surface area contributed by atoms with Crippen LogP contribution in [0.3, 0.4) is 0 Å². The van der Waals surface area contributed by atoms with E-state index < -0.39 is 0 Å². The van der Waals surface area contributed by atoms with E-state index in [2.05, 4.69) is 60.7 Å². The molecule has 3 aromatic carbocycles. The molecule has 1 atom stereocenters. The van der Waals surface area contributed by atoms with Crippen LogP contribution in [0.25, 0.3) is 5.69 Å². The molecule has 0 saturated heterocycles. The van der Waals surface area contributed by atoms with Gasteiger partial charge in [-0.15, -0.1) is 0 Å². The van der Waals surface area contributed by atoms with Gasteiger partial charge in [0.25, 0.3) is 0 Å². The van der Waals surface area contributed by atoms with Gasteiger partial charge in [-0.2, -0.15) is 5.10 Å². The number of hydrogen-bond acceptors (Lipinski definition) is 3. The largest absolute Gasteiger partial charge is 0.489 e. The number of hydrogen-bond donors (Lipinski definition) is 1. The van der Waals surface area contributed by atoms with Gasteiger partial charge in [0.2, 0.25) is 0 Å². The summed E-state index contributed by atoms with van der Waals surface area (Å²) < 4.78 is 7.95. The Morgan fingerprint density at radius 2 is 1.60 bits per heavy atom. The fourth-order valence-electron chi connectivity index (χ4n) is 3.54. The Kier molecular flexibility index (Phi) is 6.26.